The zero-order chi connectivity index (χ0) is 21.6. The number of anilines is 3. The van der Waals surface area contributed by atoms with Crippen molar-refractivity contribution in [3.05, 3.63) is 47.7 Å². The summed E-state index contributed by atoms with van der Waals surface area (Å²) < 4.78 is 7.28. The van der Waals surface area contributed by atoms with Gasteiger partial charge in [-0.15, -0.1) is 0 Å². The quantitative estimate of drug-likeness (QED) is 0.444. The van der Waals surface area contributed by atoms with Crippen molar-refractivity contribution in [2.24, 2.45) is 0 Å². The monoisotopic (exact) mass is 420 g/mol. The molecule has 3 aromatic rings. The smallest absolute Gasteiger partial charge is 0.138 e. The van der Waals surface area contributed by atoms with Crippen molar-refractivity contribution < 1.29 is 9.84 Å². The van der Waals surface area contributed by atoms with Gasteiger partial charge in [0.2, 0.25) is 0 Å². The Morgan fingerprint density at radius 2 is 2.16 bits per heavy atom. The van der Waals surface area contributed by atoms with E-state index in [0.717, 1.165) is 60.0 Å². The molecule has 1 aromatic carbocycles. The fraction of sp³-hybridized carbons (Fsp3) is 0.391. The first-order valence-corrected chi connectivity index (χ1v) is 10.8. The van der Waals surface area contributed by atoms with Crippen LogP contribution in [0.1, 0.15) is 30.9 Å². The molecule has 0 amide bonds. The van der Waals surface area contributed by atoms with Gasteiger partial charge in [-0.25, -0.2) is 4.52 Å². The average Bonchev–Trinajstić information content (AvgIpc) is 3.28. The Bertz CT molecular complexity index is 1060. The van der Waals surface area contributed by atoms with Gasteiger partial charge in [-0.2, -0.15) is 10.4 Å². The molecule has 1 aliphatic heterocycles. The number of nitriles is 1. The zero-order valence-electron chi connectivity index (χ0n) is 17.7. The Kier molecular flexibility index (Phi) is 6.55. The summed E-state index contributed by atoms with van der Waals surface area (Å²) in [5.74, 6) is 1.54. The molecule has 0 unspecified atom stereocenters. The van der Waals surface area contributed by atoms with E-state index in [1.54, 1.807) is 10.7 Å². The van der Waals surface area contributed by atoms with Gasteiger partial charge in [-0.3, -0.25) is 0 Å². The van der Waals surface area contributed by atoms with E-state index in [1.807, 2.05) is 37.3 Å². The number of piperidine rings is 1. The standard InChI is InChI=1S/C23H28N6O2/c1-2-31-18-7-5-16(6-8-18)28-23-19(10-13-30)22(27-17-4-3-11-25-15-17)20(14-24)21-9-12-26-29(21)23/h5-9,12,17,25,27-28,30H,2-4,10-11,13,15H2,1H3/t17-/m1/s1. The maximum atomic E-state index is 9.98. The highest BCUT2D eigenvalue weighted by Gasteiger charge is 2.23. The Balaban J connectivity index is 1.79. The van der Waals surface area contributed by atoms with E-state index in [1.165, 1.54) is 0 Å². The molecule has 31 heavy (non-hydrogen) atoms. The molecule has 1 atom stereocenters. The highest BCUT2D eigenvalue weighted by molar-refractivity contribution is 5.82. The van der Waals surface area contributed by atoms with Crippen LogP contribution in [-0.2, 0) is 6.42 Å². The van der Waals surface area contributed by atoms with Crippen LogP contribution in [0.25, 0.3) is 5.52 Å². The summed E-state index contributed by atoms with van der Waals surface area (Å²) in [5.41, 5.74) is 3.75. The average molecular weight is 421 g/mol. The first kappa shape index (κ1) is 21.0. The number of aromatic nitrogens is 2. The minimum atomic E-state index is -0.0345. The number of rotatable bonds is 8. The van der Waals surface area contributed by atoms with Crippen molar-refractivity contribution in [2.75, 3.05) is 36.9 Å². The molecule has 1 saturated heterocycles. The van der Waals surface area contributed by atoms with Crippen LogP contribution in [0.15, 0.2) is 36.5 Å². The van der Waals surface area contributed by atoms with Gasteiger partial charge in [0.25, 0.3) is 0 Å². The lowest BCUT2D eigenvalue weighted by molar-refractivity contribution is 0.299. The van der Waals surface area contributed by atoms with Crippen LogP contribution < -0.4 is 20.7 Å². The van der Waals surface area contributed by atoms with Crippen molar-refractivity contribution in [1.29, 1.82) is 5.26 Å². The minimum absolute atomic E-state index is 0.0345. The van der Waals surface area contributed by atoms with Gasteiger partial charge in [0, 0.05) is 36.9 Å². The molecule has 0 bridgehead atoms. The highest BCUT2D eigenvalue weighted by Crippen LogP contribution is 2.35. The number of hydrogen-bond donors (Lipinski definition) is 4. The van der Waals surface area contributed by atoms with Gasteiger partial charge in [0.15, 0.2) is 0 Å². The van der Waals surface area contributed by atoms with E-state index in [4.69, 9.17) is 4.74 Å². The summed E-state index contributed by atoms with van der Waals surface area (Å²) in [4.78, 5) is 0. The predicted octanol–water partition coefficient (Wildman–Crippen LogP) is 3.05. The summed E-state index contributed by atoms with van der Waals surface area (Å²) >= 11 is 0. The van der Waals surface area contributed by atoms with Gasteiger partial charge in [-0.1, -0.05) is 0 Å². The normalized spacial score (nSPS) is 16.1. The molecule has 2 aromatic heterocycles. The van der Waals surface area contributed by atoms with E-state index in [2.05, 4.69) is 27.1 Å². The molecule has 4 N–H and O–H groups in total. The molecule has 1 fully saturated rings. The molecule has 8 heteroatoms. The van der Waals surface area contributed by atoms with E-state index in [0.29, 0.717) is 18.6 Å². The number of nitrogens with zero attached hydrogens (tertiary/aromatic N) is 3. The molecule has 0 radical (unpaired) electrons. The molecule has 0 saturated carbocycles. The highest BCUT2D eigenvalue weighted by atomic mass is 16.5. The summed E-state index contributed by atoms with van der Waals surface area (Å²) in [6.45, 7) is 4.39. The van der Waals surface area contributed by atoms with Crippen molar-refractivity contribution in [2.45, 2.75) is 32.2 Å². The lowest BCUT2D eigenvalue weighted by atomic mass is 10.0. The second-order valence-electron chi connectivity index (χ2n) is 7.56. The van der Waals surface area contributed by atoms with Crippen molar-refractivity contribution >= 4 is 22.7 Å². The Hall–Kier alpha value is -3.28. The number of pyridine rings is 1. The summed E-state index contributed by atoms with van der Waals surface area (Å²) in [5, 5.41) is 34.7. The van der Waals surface area contributed by atoms with Crippen LogP contribution in [-0.4, -0.2) is 47.1 Å². The second kappa shape index (κ2) is 9.69. The third-order valence-electron chi connectivity index (χ3n) is 5.50. The Morgan fingerprint density at radius 1 is 1.32 bits per heavy atom. The van der Waals surface area contributed by atoms with Gasteiger partial charge in [-0.05, 0) is 56.6 Å². The SMILES string of the molecule is CCOc1ccc(Nc2c(CCO)c(N[C@@H]3CCCNC3)c(C#N)c3ccnn23)cc1. The summed E-state index contributed by atoms with van der Waals surface area (Å²) in [6.07, 6.45) is 4.20. The van der Waals surface area contributed by atoms with Crippen LogP contribution in [0.5, 0.6) is 5.75 Å². The maximum absolute atomic E-state index is 9.98. The summed E-state index contributed by atoms with van der Waals surface area (Å²) in [7, 11) is 0. The van der Waals surface area contributed by atoms with Crippen LogP contribution in [0.3, 0.4) is 0 Å². The molecule has 3 heterocycles. The molecular weight excluding hydrogens is 392 g/mol. The maximum Gasteiger partial charge on any atom is 0.138 e. The first-order valence-electron chi connectivity index (χ1n) is 10.8. The van der Waals surface area contributed by atoms with Gasteiger partial charge >= 0.3 is 0 Å². The number of benzene rings is 1. The predicted molar refractivity (Wildman–Crippen MR) is 121 cm³/mol. The van der Waals surface area contributed by atoms with E-state index in [9.17, 15) is 10.4 Å². The van der Waals surface area contributed by atoms with Gasteiger partial charge < -0.3 is 25.8 Å². The fourth-order valence-electron chi connectivity index (χ4n) is 4.07. The van der Waals surface area contributed by atoms with Crippen LogP contribution in [0, 0.1) is 11.3 Å². The lowest BCUT2D eigenvalue weighted by Gasteiger charge is -2.28. The topological polar surface area (TPSA) is 107 Å². The van der Waals surface area contributed by atoms with Gasteiger partial charge in [0.1, 0.15) is 23.2 Å². The number of aliphatic hydroxyl groups is 1. The van der Waals surface area contributed by atoms with E-state index < -0.39 is 0 Å². The number of hydrogen-bond acceptors (Lipinski definition) is 7. The Labute approximate surface area is 181 Å². The molecule has 0 aliphatic carbocycles. The molecular formula is C23H28N6O2. The number of ether oxygens (including phenoxy) is 1. The van der Waals surface area contributed by atoms with Crippen LogP contribution in [0.2, 0.25) is 0 Å². The van der Waals surface area contributed by atoms with Gasteiger partial charge in [0.05, 0.1) is 24.0 Å². The van der Waals surface area contributed by atoms with Crippen molar-refractivity contribution in [3.8, 4) is 11.8 Å². The first-order chi connectivity index (χ1) is 15.2. The fourth-order valence-corrected chi connectivity index (χ4v) is 4.07. The molecule has 8 nitrogen and oxygen atoms in total. The largest absolute Gasteiger partial charge is 0.494 e. The third-order valence-corrected chi connectivity index (χ3v) is 5.50. The van der Waals surface area contributed by atoms with Crippen molar-refractivity contribution in [1.82, 2.24) is 14.9 Å². The van der Waals surface area contributed by atoms with E-state index in [-0.39, 0.29) is 12.6 Å². The number of nitrogens with one attached hydrogen (secondary N) is 3. The molecule has 162 valence electrons. The van der Waals surface area contributed by atoms with E-state index >= 15 is 0 Å². The number of aliphatic hydroxyl groups excluding tert-OH is 1. The number of fused-ring (bicyclic) bond motifs is 1. The minimum Gasteiger partial charge on any atom is -0.494 e. The van der Waals surface area contributed by atoms with Crippen LogP contribution in [0.4, 0.5) is 17.2 Å². The molecule has 1 aliphatic rings. The summed E-state index contributed by atoms with van der Waals surface area (Å²) in [6, 6.07) is 12.1. The Morgan fingerprint density at radius 3 is 2.84 bits per heavy atom. The van der Waals surface area contributed by atoms with Crippen molar-refractivity contribution in [3.63, 3.8) is 0 Å². The van der Waals surface area contributed by atoms with Crippen LogP contribution >= 0.6 is 0 Å². The molecule has 4 rings (SSSR count). The zero-order valence-corrected chi connectivity index (χ0v) is 17.7. The third kappa shape index (κ3) is 4.43. The molecule has 0 spiro atoms. The lowest BCUT2D eigenvalue weighted by Crippen LogP contribution is -2.39. The second-order valence-corrected chi connectivity index (χ2v) is 7.56.